The highest BCUT2D eigenvalue weighted by Crippen LogP contribution is 2.14. The summed E-state index contributed by atoms with van der Waals surface area (Å²) in [6, 6.07) is 5.66. The molecule has 3 aromatic rings. The summed E-state index contributed by atoms with van der Waals surface area (Å²) in [7, 11) is 0. The van der Waals surface area contributed by atoms with E-state index >= 15 is 0 Å². The van der Waals surface area contributed by atoms with Crippen molar-refractivity contribution in [3.8, 4) is 0 Å². The fourth-order valence-electron chi connectivity index (χ4n) is 2.29. The van der Waals surface area contributed by atoms with Crippen LogP contribution in [0.3, 0.4) is 0 Å². The molecule has 25 heavy (non-hydrogen) atoms. The van der Waals surface area contributed by atoms with E-state index in [1.807, 2.05) is 39.2 Å². The fraction of sp³-hybridized carbons (Fsp3) is 0.375. The van der Waals surface area contributed by atoms with Gasteiger partial charge in [0.15, 0.2) is 5.49 Å². The third-order valence-electron chi connectivity index (χ3n) is 3.46. The molecule has 3 rings (SSSR count). The monoisotopic (exact) mass is 378 g/mol. The van der Waals surface area contributed by atoms with Crippen molar-refractivity contribution in [2.45, 2.75) is 38.6 Å². The minimum Gasteiger partial charge on any atom is -0.391 e. The summed E-state index contributed by atoms with van der Waals surface area (Å²) in [5.74, 6) is 0.699. The Morgan fingerprint density at radius 2 is 2.16 bits per heavy atom. The standard InChI is InChI=1S/C16H19ClN6OS/c1-10(2)24-21-14-7-11(3)22(9-12-5-6-13(17)18-8-12)16-19-15(25-4)20-23(14)16/h5-8,10H,9H2,1-4H3/b21-14+. The molecule has 0 fully saturated rings. The number of halogens is 1. The third kappa shape index (κ3) is 3.96. The number of rotatable bonds is 5. The van der Waals surface area contributed by atoms with Crippen molar-refractivity contribution in [2.24, 2.45) is 5.16 Å². The maximum Gasteiger partial charge on any atom is 0.235 e. The number of nitrogens with zero attached hydrogens (tertiary/aromatic N) is 6. The summed E-state index contributed by atoms with van der Waals surface area (Å²) < 4.78 is 3.76. The molecule has 0 saturated carbocycles. The van der Waals surface area contributed by atoms with Crippen LogP contribution in [0.4, 0.5) is 0 Å². The first-order chi connectivity index (χ1) is 12.0. The van der Waals surface area contributed by atoms with Crippen molar-refractivity contribution in [1.82, 2.24) is 24.1 Å². The molecule has 9 heteroatoms. The van der Waals surface area contributed by atoms with Gasteiger partial charge in [-0.2, -0.15) is 9.50 Å². The molecule has 7 nitrogen and oxygen atoms in total. The van der Waals surface area contributed by atoms with Crippen LogP contribution in [-0.2, 0) is 11.4 Å². The van der Waals surface area contributed by atoms with Crippen molar-refractivity contribution < 1.29 is 4.84 Å². The second-order valence-electron chi connectivity index (χ2n) is 5.77. The SMILES string of the molecule is CSc1nc2n(Cc3ccc(Cl)nc3)c(C)c/c(=N\OC(C)C)n2n1. The molecule has 0 saturated heterocycles. The van der Waals surface area contributed by atoms with E-state index in [2.05, 4.69) is 24.8 Å². The Labute approximate surface area is 154 Å². The van der Waals surface area contributed by atoms with Gasteiger partial charge in [-0.25, -0.2) is 4.98 Å². The van der Waals surface area contributed by atoms with Crippen molar-refractivity contribution in [2.75, 3.05) is 6.26 Å². The number of fused-ring (bicyclic) bond motifs is 1. The topological polar surface area (TPSA) is 69.6 Å². The quantitative estimate of drug-likeness (QED) is 0.388. The van der Waals surface area contributed by atoms with E-state index in [0.717, 1.165) is 11.3 Å². The zero-order chi connectivity index (χ0) is 18.0. The highest BCUT2D eigenvalue weighted by atomic mass is 35.5. The van der Waals surface area contributed by atoms with Gasteiger partial charge in [-0.15, -0.1) is 5.10 Å². The van der Waals surface area contributed by atoms with Gasteiger partial charge in [-0.05, 0) is 38.7 Å². The van der Waals surface area contributed by atoms with E-state index < -0.39 is 0 Å². The fourth-order valence-corrected chi connectivity index (χ4v) is 2.73. The first-order valence-corrected chi connectivity index (χ1v) is 9.39. The van der Waals surface area contributed by atoms with E-state index in [1.54, 1.807) is 16.8 Å². The average molecular weight is 379 g/mol. The molecule has 0 N–H and O–H groups in total. The van der Waals surface area contributed by atoms with Crippen molar-refractivity contribution >= 4 is 29.1 Å². The number of aryl methyl sites for hydroxylation is 1. The van der Waals surface area contributed by atoms with Gasteiger partial charge in [0.25, 0.3) is 0 Å². The Kier molecular flexibility index (Phi) is 5.29. The van der Waals surface area contributed by atoms with Crippen molar-refractivity contribution in [1.29, 1.82) is 0 Å². The van der Waals surface area contributed by atoms with Crippen LogP contribution < -0.4 is 5.49 Å². The minimum absolute atomic E-state index is 0.00799. The molecule has 3 aromatic heterocycles. The smallest absolute Gasteiger partial charge is 0.235 e. The summed E-state index contributed by atoms with van der Waals surface area (Å²) in [6.45, 7) is 6.47. The number of pyridine rings is 1. The molecule has 0 aromatic carbocycles. The summed E-state index contributed by atoms with van der Waals surface area (Å²) >= 11 is 7.35. The molecule has 0 bridgehead atoms. The third-order valence-corrected chi connectivity index (χ3v) is 4.22. The second-order valence-corrected chi connectivity index (χ2v) is 6.94. The van der Waals surface area contributed by atoms with Crippen molar-refractivity contribution in [3.63, 3.8) is 0 Å². The van der Waals surface area contributed by atoms with Gasteiger partial charge in [-0.1, -0.05) is 34.6 Å². The Hall–Kier alpha value is -2.06. The maximum absolute atomic E-state index is 5.87. The highest BCUT2D eigenvalue weighted by molar-refractivity contribution is 7.98. The normalized spacial score (nSPS) is 12.3. The molecule has 3 heterocycles. The number of hydrogen-bond donors (Lipinski definition) is 0. The number of aromatic nitrogens is 5. The van der Waals surface area contributed by atoms with Gasteiger partial charge in [0.1, 0.15) is 11.3 Å². The number of thioether (sulfide) groups is 1. The molecule has 132 valence electrons. The summed E-state index contributed by atoms with van der Waals surface area (Å²) in [5, 5.41) is 9.86. The molecular formula is C16H19ClN6OS. The largest absolute Gasteiger partial charge is 0.391 e. The van der Waals surface area contributed by atoms with Crippen LogP contribution >= 0.6 is 23.4 Å². The van der Waals surface area contributed by atoms with E-state index in [-0.39, 0.29) is 6.10 Å². The lowest BCUT2D eigenvalue weighted by molar-refractivity contribution is 0.0747. The Morgan fingerprint density at radius 1 is 1.36 bits per heavy atom. The van der Waals surface area contributed by atoms with Gasteiger partial charge in [0.05, 0.1) is 6.54 Å². The Morgan fingerprint density at radius 3 is 2.80 bits per heavy atom. The zero-order valence-electron chi connectivity index (χ0n) is 14.5. The molecule has 0 aliphatic rings. The zero-order valence-corrected chi connectivity index (χ0v) is 16.0. The van der Waals surface area contributed by atoms with E-state index in [0.29, 0.717) is 28.1 Å². The predicted molar refractivity (Wildman–Crippen MR) is 97.6 cm³/mol. The molecule has 0 amide bonds. The van der Waals surface area contributed by atoms with Crippen molar-refractivity contribution in [3.05, 3.63) is 46.3 Å². The average Bonchev–Trinajstić information content (AvgIpc) is 3.02. The van der Waals surface area contributed by atoms with Gasteiger partial charge >= 0.3 is 0 Å². The van der Waals surface area contributed by atoms with E-state index in [4.69, 9.17) is 16.4 Å². The summed E-state index contributed by atoms with van der Waals surface area (Å²) in [5.41, 5.74) is 2.63. The maximum atomic E-state index is 5.87. The van der Waals surface area contributed by atoms with Crippen LogP contribution in [0.1, 0.15) is 25.1 Å². The van der Waals surface area contributed by atoms with Crippen LogP contribution in [0.15, 0.2) is 34.7 Å². The lowest BCUT2D eigenvalue weighted by Crippen LogP contribution is -2.23. The van der Waals surface area contributed by atoms with Crippen LogP contribution in [0.25, 0.3) is 5.78 Å². The molecule has 0 aliphatic carbocycles. The second kappa shape index (κ2) is 7.45. The molecule has 0 atom stereocenters. The highest BCUT2D eigenvalue weighted by Gasteiger charge is 2.12. The van der Waals surface area contributed by atoms with Gasteiger partial charge in [-0.3, -0.25) is 0 Å². The summed E-state index contributed by atoms with van der Waals surface area (Å²) in [6.07, 6.45) is 3.69. The molecule has 0 spiro atoms. The number of hydrogen-bond acceptors (Lipinski definition) is 6. The lowest BCUT2D eigenvalue weighted by Gasteiger charge is -2.12. The molecular weight excluding hydrogens is 360 g/mol. The Balaban J connectivity index is 2.13. The molecule has 0 unspecified atom stereocenters. The van der Waals surface area contributed by atoms with E-state index in [9.17, 15) is 0 Å². The van der Waals surface area contributed by atoms with Crippen LogP contribution in [0.2, 0.25) is 5.15 Å². The first-order valence-electron chi connectivity index (χ1n) is 7.79. The van der Waals surface area contributed by atoms with Crippen LogP contribution in [0.5, 0.6) is 0 Å². The van der Waals surface area contributed by atoms with Gasteiger partial charge in [0, 0.05) is 18.0 Å². The van der Waals surface area contributed by atoms with Crippen LogP contribution in [0, 0.1) is 6.92 Å². The molecule has 0 aliphatic heterocycles. The predicted octanol–water partition coefficient (Wildman–Crippen LogP) is 2.90. The Bertz CT molecular complexity index is 948. The van der Waals surface area contributed by atoms with Gasteiger partial charge in [0.2, 0.25) is 10.9 Å². The van der Waals surface area contributed by atoms with Crippen LogP contribution in [-0.4, -0.2) is 36.5 Å². The minimum atomic E-state index is -0.00799. The summed E-state index contributed by atoms with van der Waals surface area (Å²) in [4.78, 5) is 14.1. The first kappa shape index (κ1) is 17.8. The van der Waals surface area contributed by atoms with Gasteiger partial charge < -0.3 is 9.40 Å². The molecule has 0 radical (unpaired) electrons. The van der Waals surface area contributed by atoms with E-state index in [1.165, 1.54) is 11.8 Å². The lowest BCUT2D eigenvalue weighted by atomic mass is 10.2.